The number of amides is 2. The van der Waals surface area contributed by atoms with E-state index in [1.165, 1.54) is 11.3 Å². The summed E-state index contributed by atoms with van der Waals surface area (Å²) in [5.41, 5.74) is 2.29. The molecule has 3 aromatic rings. The molecule has 202 valence electrons. The third-order valence-electron chi connectivity index (χ3n) is 6.76. The molecule has 0 spiro atoms. The summed E-state index contributed by atoms with van der Waals surface area (Å²) in [6.07, 6.45) is 0.928. The Kier molecular flexibility index (Phi) is 7.61. The standard InChI is InChI=1S/C28H30N6O4S/c1-17-13-34(14-18(2)38-17)24-6-4-5-22(31-24)23-15-39-27(32-23)33-25(35)12-30-26(36)20-8-7-19-9-10-37-28(3,16-29)21(19)11-20/h4-8,11,15,17-18H,9-10,12-14H2,1-3H3,(H,30,36)(H,32,33,35)/t17-,18+,28?. The molecule has 39 heavy (non-hydrogen) atoms. The number of hydrogen-bond donors (Lipinski definition) is 2. The van der Waals surface area contributed by atoms with Gasteiger partial charge in [-0.25, -0.2) is 9.97 Å². The fraction of sp³-hybridized carbons (Fsp3) is 0.393. The van der Waals surface area contributed by atoms with Crippen LogP contribution in [-0.4, -0.2) is 60.2 Å². The number of carbonyl (C=O) groups is 2. The van der Waals surface area contributed by atoms with Crippen LogP contribution in [0.1, 0.15) is 42.3 Å². The molecule has 1 aromatic carbocycles. The number of carbonyl (C=O) groups excluding carboxylic acids is 2. The number of morpholine rings is 1. The average molecular weight is 547 g/mol. The van der Waals surface area contributed by atoms with Crippen molar-refractivity contribution in [2.45, 2.75) is 45.0 Å². The molecule has 0 saturated carbocycles. The van der Waals surface area contributed by atoms with Gasteiger partial charge in [-0.15, -0.1) is 11.3 Å². The van der Waals surface area contributed by atoms with Crippen molar-refractivity contribution >= 4 is 34.1 Å². The normalized spacial score (nSPS) is 22.5. The van der Waals surface area contributed by atoms with Gasteiger partial charge in [-0.1, -0.05) is 12.1 Å². The van der Waals surface area contributed by atoms with Crippen molar-refractivity contribution < 1.29 is 19.1 Å². The van der Waals surface area contributed by atoms with Crippen LogP contribution in [0.15, 0.2) is 41.8 Å². The minimum Gasteiger partial charge on any atom is -0.372 e. The molecule has 11 heteroatoms. The second-order valence-corrected chi connectivity index (χ2v) is 10.8. The van der Waals surface area contributed by atoms with Crippen LogP contribution >= 0.6 is 11.3 Å². The van der Waals surface area contributed by atoms with Crippen molar-refractivity contribution in [3.63, 3.8) is 0 Å². The summed E-state index contributed by atoms with van der Waals surface area (Å²) in [5.74, 6) is 0.0523. The van der Waals surface area contributed by atoms with Crippen LogP contribution in [0.2, 0.25) is 0 Å². The third kappa shape index (κ3) is 5.93. The predicted molar refractivity (Wildman–Crippen MR) is 148 cm³/mol. The number of anilines is 2. The largest absolute Gasteiger partial charge is 0.372 e. The van der Waals surface area contributed by atoms with Gasteiger partial charge in [0.15, 0.2) is 10.7 Å². The molecule has 2 amide bonds. The Balaban J connectivity index is 1.19. The Morgan fingerprint density at radius 2 is 1.97 bits per heavy atom. The Bertz CT molecular complexity index is 1430. The van der Waals surface area contributed by atoms with E-state index in [1.807, 2.05) is 29.6 Å². The maximum absolute atomic E-state index is 12.7. The number of nitriles is 1. The van der Waals surface area contributed by atoms with Crippen LogP contribution in [-0.2, 0) is 26.3 Å². The average Bonchev–Trinajstić information content (AvgIpc) is 3.40. The van der Waals surface area contributed by atoms with E-state index in [1.54, 1.807) is 19.1 Å². The topological polar surface area (TPSA) is 129 Å². The van der Waals surface area contributed by atoms with Gasteiger partial charge in [0, 0.05) is 29.6 Å². The van der Waals surface area contributed by atoms with Crippen LogP contribution in [0, 0.1) is 11.3 Å². The SMILES string of the molecule is C[C@@H]1CN(c2cccc(-c3csc(NC(=O)CNC(=O)c4ccc5c(c4)C(C)(C#N)OCC5)n3)n2)C[C@H](C)O1. The number of aromatic nitrogens is 2. The van der Waals surface area contributed by atoms with Crippen LogP contribution in [0.4, 0.5) is 10.9 Å². The highest BCUT2D eigenvalue weighted by Gasteiger charge is 2.34. The summed E-state index contributed by atoms with van der Waals surface area (Å²) in [6.45, 7) is 7.56. The molecule has 0 aliphatic carbocycles. The number of benzene rings is 1. The lowest BCUT2D eigenvalue weighted by Crippen LogP contribution is -2.45. The second kappa shape index (κ2) is 11.1. The van der Waals surface area contributed by atoms with E-state index < -0.39 is 17.4 Å². The molecule has 2 aliphatic rings. The van der Waals surface area contributed by atoms with Crippen molar-refractivity contribution in [3.05, 3.63) is 58.5 Å². The zero-order valence-corrected chi connectivity index (χ0v) is 22.9. The highest BCUT2D eigenvalue weighted by atomic mass is 32.1. The number of pyridine rings is 1. The van der Waals surface area contributed by atoms with Crippen molar-refractivity contribution in [3.8, 4) is 17.5 Å². The Labute approximate surface area is 231 Å². The lowest BCUT2D eigenvalue weighted by molar-refractivity contribution is -0.115. The maximum atomic E-state index is 12.7. The van der Waals surface area contributed by atoms with E-state index in [2.05, 4.69) is 40.4 Å². The lowest BCUT2D eigenvalue weighted by Gasteiger charge is -2.36. The monoisotopic (exact) mass is 546 g/mol. The van der Waals surface area contributed by atoms with E-state index in [-0.39, 0.29) is 18.8 Å². The Morgan fingerprint density at radius 3 is 2.74 bits per heavy atom. The molecular formula is C28H30N6O4S. The van der Waals surface area contributed by atoms with Gasteiger partial charge < -0.3 is 25.0 Å². The van der Waals surface area contributed by atoms with Gasteiger partial charge >= 0.3 is 0 Å². The van der Waals surface area contributed by atoms with Gasteiger partial charge in [-0.3, -0.25) is 9.59 Å². The summed E-state index contributed by atoms with van der Waals surface area (Å²) < 4.78 is 11.5. The molecular weight excluding hydrogens is 516 g/mol. The number of nitrogens with one attached hydrogen (secondary N) is 2. The third-order valence-corrected chi connectivity index (χ3v) is 7.52. The summed E-state index contributed by atoms with van der Waals surface area (Å²) in [6, 6.07) is 13.2. The van der Waals surface area contributed by atoms with Gasteiger partial charge in [-0.05, 0) is 57.0 Å². The first-order chi connectivity index (χ1) is 18.7. The first-order valence-corrected chi connectivity index (χ1v) is 13.7. The smallest absolute Gasteiger partial charge is 0.251 e. The number of fused-ring (bicyclic) bond motifs is 1. The van der Waals surface area contributed by atoms with Crippen molar-refractivity contribution in [1.29, 1.82) is 5.26 Å². The van der Waals surface area contributed by atoms with Gasteiger partial charge in [-0.2, -0.15) is 5.26 Å². The molecule has 4 heterocycles. The highest BCUT2D eigenvalue weighted by molar-refractivity contribution is 7.14. The number of thiazole rings is 1. The van der Waals surface area contributed by atoms with Crippen LogP contribution in [0.5, 0.6) is 0 Å². The molecule has 3 atom stereocenters. The van der Waals surface area contributed by atoms with Gasteiger partial charge in [0.05, 0.1) is 31.1 Å². The first kappa shape index (κ1) is 26.7. The summed E-state index contributed by atoms with van der Waals surface area (Å²) in [7, 11) is 0. The molecule has 2 aromatic heterocycles. The van der Waals surface area contributed by atoms with Crippen LogP contribution in [0.25, 0.3) is 11.4 Å². The minimum atomic E-state index is -1.10. The van der Waals surface area contributed by atoms with Crippen molar-refractivity contribution in [2.75, 3.05) is 36.5 Å². The van der Waals surface area contributed by atoms with Gasteiger partial charge in [0.1, 0.15) is 17.6 Å². The number of hydrogen-bond acceptors (Lipinski definition) is 9. The number of ether oxygens (including phenoxy) is 2. The van der Waals surface area contributed by atoms with E-state index in [0.29, 0.717) is 40.7 Å². The molecule has 5 rings (SSSR count). The molecule has 1 fully saturated rings. The molecule has 1 saturated heterocycles. The predicted octanol–water partition coefficient (Wildman–Crippen LogP) is 3.50. The molecule has 10 nitrogen and oxygen atoms in total. The summed E-state index contributed by atoms with van der Waals surface area (Å²) >= 11 is 1.29. The number of rotatable bonds is 6. The fourth-order valence-electron chi connectivity index (χ4n) is 4.90. The summed E-state index contributed by atoms with van der Waals surface area (Å²) in [5, 5.41) is 17.2. The molecule has 0 radical (unpaired) electrons. The fourth-order valence-corrected chi connectivity index (χ4v) is 5.62. The molecule has 2 N–H and O–H groups in total. The molecule has 1 unspecified atom stereocenters. The molecule has 0 bridgehead atoms. The Hall–Kier alpha value is -3.85. The van der Waals surface area contributed by atoms with E-state index in [9.17, 15) is 14.9 Å². The maximum Gasteiger partial charge on any atom is 0.251 e. The van der Waals surface area contributed by atoms with E-state index in [4.69, 9.17) is 14.5 Å². The first-order valence-electron chi connectivity index (χ1n) is 12.8. The summed E-state index contributed by atoms with van der Waals surface area (Å²) in [4.78, 5) is 36.8. The van der Waals surface area contributed by atoms with E-state index >= 15 is 0 Å². The Morgan fingerprint density at radius 1 is 1.18 bits per heavy atom. The van der Waals surface area contributed by atoms with Crippen molar-refractivity contribution in [2.24, 2.45) is 0 Å². The van der Waals surface area contributed by atoms with Crippen LogP contribution in [0.3, 0.4) is 0 Å². The lowest BCUT2D eigenvalue weighted by atomic mass is 9.87. The van der Waals surface area contributed by atoms with E-state index in [0.717, 1.165) is 24.5 Å². The van der Waals surface area contributed by atoms with Crippen LogP contribution < -0.4 is 15.5 Å². The highest BCUT2D eigenvalue weighted by Crippen LogP contribution is 2.33. The zero-order valence-electron chi connectivity index (χ0n) is 22.1. The minimum absolute atomic E-state index is 0.125. The van der Waals surface area contributed by atoms with Gasteiger partial charge in [0.2, 0.25) is 5.91 Å². The number of nitrogens with zero attached hydrogens (tertiary/aromatic N) is 4. The molecule has 2 aliphatic heterocycles. The quantitative estimate of drug-likeness (QED) is 0.481. The van der Waals surface area contributed by atoms with Crippen molar-refractivity contribution in [1.82, 2.24) is 15.3 Å². The second-order valence-electron chi connectivity index (χ2n) is 9.93. The zero-order chi connectivity index (χ0) is 27.6. The van der Waals surface area contributed by atoms with Gasteiger partial charge in [0.25, 0.3) is 5.91 Å².